The third kappa shape index (κ3) is 5.00. The molecule has 5 heteroatoms. The summed E-state index contributed by atoms with van der Waals surface area (Å²) >= 11 is 0. The van der Waals surface area contributed by atoms with Crippen LogP contribution >= 0.6 is 0 Å². The van der Waals surface area contributed by atoms with Crippen LogP contribution in [0.3, 0.4) is 0 Å². The lowest BCUT2D eigenvalue weighted by Crippen LogP contribution is -2.38. The van der Waals surface area contributed by atoms with Crippen molar-refractivity contribution in [2.24, 2.45) is 4.99 Å². The van der Waals surface area contributed by atoms with Gasteiger partial charge in [-0.05, 0) is 27.7 Å². The van der Waals surface area contributed by atoms with Crippen LogP contribution in [0.5, 0.6) is 0 Å². The van der Waals surface area contributed by atoms with Crippen LogP contribution in [0, 0.1) is 0 Å². The van der Waals surface area contributed by atoms with Crippen LogP contribution in [0.4, 0.5) is 0 Å². The maximum Gasteiger partial charge on any atom is 0.308 e. The van der Waals surface area contributed by atoms with E-state index in [1.54, 1.807) is 0 Å². The molecule has 0 aromatic rings. The zero-order valence-corrected chi connectivity index (χ0v) is 10.5. The molecule has 1 heterocycles. The van der Waals surface area contributed by atoms with Crippen LogP contribution in [0.2, 0.25) is 0 Å². The third-order valence-electron chi connectivity index (χ3n) is 1.95. The quantitative estimate of drug-likeness (QED) is 0.695. The van der Waals surface area contributed by atoms with Crippen LogP contribution in [0.15, 0.2) is 4.99 Å². The highest BCUT2D eigenvalue weighted by atomic mass is 16.6. The van der Waals surface area contributed by atoms with Crippen molar-refractivity contribution >= 4 is 11.9 Å². The Balaban J connectivity index is 2.14. The van der Waals surface area contributed by atoms with Gasteiger partial charge in [-0.15, -0.1) is 0 Å². The van der Waals surface area contributed by atoms with Crippen molar-refractivity contribution in [3.8, 4) is 0 Å². The predicted molar refractivity (Wildman–Crippen MR) is 63.4 cm³/mol. The number of aliphatic imine (C=N–C) groups is 1. The van der Waals surface area contributed by atoms with Gasteiger partial charge in [0.2, 0.25) is 0 Å². The summed E-state index contributed by atoms with van der Waals surface area (Å²) in [6.45, 7) is 8.99. The number of nitrogens with zero attached hydrogens (tertiary/aromatic N) is 1. The number of nitrogens with one attached hydrogen (secondary N) is 2. The fourth-order valence-corrected chi connectivity index (χ4v) is 1.34. The van der Waals surface area contributed by atoms with E-state index in [1.807, 2.05) is 20.8 Å². The minimum absolute atomic E-state index is 0.188. The molecule has 2 N–H and O–H groups in total. The molecule has 0 bridgehead atoms. The van der Waals surface area contributed by atoms with E-state index in [-0.39, 0.29) is 5.97 Å². The number of carbonyl (C=O) groups is 1. The zero-order chi connectivity index (χ0) is 12.2. The fraction of sp³-hybridized carbons (Fsp3) is 0.818. The van der Waals surface area contributed by atoms with Gasteiger partial charge in [-0.3, -0.25) is 9.79 Å². The molecule has 0 saturated carbocycles. The van der Waals surface area contributed by atoms with E-state index < -0.39 is 5.60 Å². The van der Waals surface area contributed by atoms with Gasteiger partial charge in [0.1, 0.15) is 5.60 Å². The Morgan fingerprint density at radius 1 is 1.62 bits per heavy atom. The van der Waals surface area contributed by atoms with Crippen molar-refractivity contribution in [1.82, 2.24) is 10.6 Å². The molecule has 1 aliphatic rings. The topological polar surface area (TPSA) is 62.7 Å². The van der Waals surface area contributed by atoms with E-state index in [0.29, 0.717) is 19.0 Å². The summed E-state index contributed by atoms with van der Waals surface area (Å²) < 4.78 is 5.18. The largest absolute Gasteiger partial charge is 0.460 e. The molecule has 16 heavy (non-hydrogen) atoms. The lowest BCUT2D eigenvalue weighted by molar-refractivity contribution is -0.154. The van der Waals surface area contributed by atoms with Gasteiger partial charge in [-0.25, -0.2) is 0 Å². The summed E-state index contributed by atoms with van der Waals surface area (Å²) in [5, 5.41) is 6.23. The molecule has 1 aliphatic heterocycles. The predicted octanol–water partition coefficient (Wildman–Crippen LogP) is 0.655. The summed E-state index contributed by atoms with van der Waals surface area (Å²) in [7, 11) is 0. The van der Waals surface area contributed by atoms with Gasteiger partial charge in [-0.2, -0.15) is 0 Å². The molecule has 5 nitrogen and oxygen atoms in total. The highest BCUT2D eigenvalue weighted by Gasteiger charge is 2.16. The molecule has 0 aliphatic carbocycles. The molecule has 0 saturated heterocycles. The lowest BCUT2D eigenvalue weighted by atomic mass is 10.2. The van der Waals surface area contributed by atoms with Crippen molar-refractivity contribution in [1.29, 1.82) is 0 Å². The highest BCUT2D eigenvalue weighted by Crippen LogP contribution is 2.07. The summed E-state index contributed by atoms with van der Waals surface area (Å²) in [5.41, 5.74) is -0.408. The van der Waals surface area contributed by atoms with E-state index in [4.69, 9.17) is 4.74 Å². The number of carbonyl (C=O) groups excluding carboxylic acids is 1. The Hall–Kier alpha value is -1.26. The molecule has 0 aromatic carbocycles. The van der Waals surface area contributed by atoms with E-state index in [0.717, 1.165) is 12.5 Å². The second kappa shape index (κ2) is 5.18. The van der Waals surface area contributed by atoms with Crippen molar-refractivity contribution in [3.63, 3.8) is 0 Å². The Morgan fingerprint density at radius 3 is 2.81 bits per heavy atom. The molecular weight excluding hydrogens is 206 g/mol. The van der Waals surface area contributed by atoms with Gasteiger partial charge in [-0.1, -0.05) is 0 Å². The number of rotatable bonds is 3. The Morgan fingerprint density at radius 2 is 2.31 bits per heavy atom. The summed E-state index contributed by atoms with van der Waals surface area (Å²) in [5.74, 6) is 0.586. The smallest absolute Gasteiger partial charge is 0.308 e. The molecule has 1 unspecified atom stereocenters. The minimum atomic E-state index is -0.408. The molecular formula is C11H21N3O2. The van der Waals surface area contributed by atoms with E-state index >= 15 is 0 Å². The van der Waals surface area contributed by atoms with Crippen molar-refractivity contribution in [2.45, 2.75) is 45.8 Å². The summed E-state index contributed by atoms with van der Waals surface area (Å²) in [6.07, 6.45) is 0.354. The summed E-state index contributed by atoms with van der Waals surface area (Å²) in [6, 6.07) is 0.379. The monoisotopic (exact) mass is 227 g/mol. The molecule has 1 atom stereocenters. The number of guanidine groups is 1. The second-order valence-electron chi connectivity index (χ2n) is 5.00. The van der Waals surface area contributed by atoms with Gasteiger partial charge in [0.05, 0.1) is 13.0 Å². The molecule has 92 valence electrons. The van der Waals surface area contributed by atoms with Gasteiger partial charge in [0.15, 0.2) is 5.96 Å². The maximum atomic E-state index is 11.4. The van der Waals surface area contributed by atoms with Crippen LogP contribution in [-0.4, -0.2) is 36.7 Å². The second-order valence-corrected chi connectivity index (χ2v) is 5.00. The van der Waals surface area contributed by atoms with Gasteiger partial charge in [0.25, 0.3) is 0 Å². The Kier molecular flexibility index (Phi) is 4.15. The lowest BCUT2D eigenvalue weighted by Gasteiger charge is -2.19. The average molecular weight is 227 g/mol. The first-order valence-electron chi connectivity index (χ1n) is 5.63. The molecule has 0 amide bonds. The Labute approximate surface area is 96.7 Å². The van der Waals surface area contributed by atoms with E-state index in [9.17, 15) is 4.79 Å². The zero-order valence-electron chi connectivity index (χ0n) is 10.5. The third-order valence-corrected chi connectivity index (χ3v) is 1.95. The average Bonchev–Trinajstić information content (AvgIpc) is 2.48. The van der Waals surface area contributed by atoms with Gasteiger partial charge >= 0.3 is 5.97 Å². The fourth-order valence-electron chi connectivity index (χ4n) is 1.34. The van der Waals surface area contributed by atoms with Gasteiger partial charge < -0.3 is 15.4 Å². The standard InChI is InChI=1S/C11H21N3O2/c1-8-7-13-10(14-8)12-6-5-9(15)16-11(2,3)4/h8H,5-7H2,1-4H3,(H2,12,13,14). The Bertz CT molecular complexity index is 281. The number of esters is 1. The first kappa shape index (κ1) is 12.8. The van der Waals surface area contributed by atoms with Crippen LogP contribution in [0.1, 0.15) is 34.1 Å². The number of hydrogen-bond acceptors (Lipinski definition) is 5. The number of hydrogen-bond donors (Lipinski definition) is 2. The van der Waals surface area contributed by atoms with Crippen molar-refractivity contribution in [2.75, 3.05) is 13.1 Å². The van der Waals surface area contributed by atoms with Crippen LogP contribution < -0.4 is 10.6 Å². The minimum Gasteiger partial charge on any atom is -0.460 e. The van der Waals surface area contributed by atoms with E-state index in [1.165, 1.54) is 0 Å². The van der Waals surface area contributed by atoms with Gasteiger partial charge in [0, 0.05) is 12.6 Å². The van der Waals surface area contributed by atoms with Crippen molar-refractivity contribution in [3.05, 3.63) is 0 Å². The summed E-state index contributed by atoms with van der Waals surface area (Å²) in [4.78, 5) is 15.6. The van der Waals surface area contributed by atoms with Crippen molar-refractivity contribution < 1.29 is 9.53 Å². The highest BCUT2D eigenvalue weighted by molar-refractivity contribution is 5.82. The first-order chi connectivity index (χ1) is 7.37. The molecule has 0 radical (unpaired) electrons. The van der Waals surface area contributed by atoms with Crippen LogP contribution in [-0.2, 0) is 9.53 Å². The molecule has 1 rings (SSSR count). The normalized spacial score (nSPS) is 20.0. The molecule has 0 fully saturated rings. The maximum absolute atomic E-state index is 11.4. The van der Waals surface area contributed by atoms with E-state index in [2.05, 4.69) is 22.5 Å². The number of ether oxygens (including phenoxy) is 1. The SMILES string of the molecule is CC1CN=C(NCCC(=O)OC(C)(C)C)N1. The first-order valence-corrected chi connectivity index (χ1v) is 5.63. The molecule has 0 spiro atoms. The van der Waals surface area contributed by atoms with Crippen LogP contribution in [0.25, 0.3) is 0 Å². The molecule has 0 aromatic heterocycles.